The summed E-state index contributed by atoms with van der Waals surface area (Å²) in [7, 11) is 0. The van der Waals surface area contributed by atoms with Crippen LogP contribution in [0.5, 0.6) is 11.5 Å². The summed E-state index contributed by atoms with van der Waals surface area (Å²) in [6.07, 6.45) is 4.31. The number of rotatable bonds is 4. The van der Waals surface area contributed by atoms with E-state index in [4.69, 9.17) is 10.5 Å². The highest BCUT2D eigenvalue weighted by atomic mass is 79.9. The number of hydrogen-bond donors (Lipinski definition) is 1. The maximum atomic E-state index is 5.77. The van der Waals surface area contributed by atoms with E-state index in [-0.39, 0.29) is 6.04 Å². The van der Waals surface area contributed by atoms with Crippen molar-refractivity contribution in [2.75, 3.05) is 0 Å². The number of nitrogens with zero attached hydrogens (tertiary/aromatic N) is 1. The lowest BCUT2D eigenvalue weighted by atomic mass is 10.1. The summed E-state index contributed by atoms with van der Waals surface area (Å²) in [5.41, 5.74) is 6.85. The molecule has 0 aliphatic heterocycles. The third-order valence-electron chi connectivity index (χ3n) is 2.38. The number of benzene rings is 1. The van der Waals surface area contributed by atoms with E-state index >= 15 is 0 Å². The summed E-state index contributed by atoms with van der Waals surface area (Å²) in [5, 5.41) is 0. The number of hydrogen-bond acceptors (Lipinski definition) is 3. The normalized spacial score (nSPS) is 12.2. The van der Waals surface area contributed by atoms with E-state index in [0.29, 0.717) is 0 Å². The first-order valence-corrected chi connectivity index (χ1v) is 6.56. The fourth-order valence-corrected chi connectivity index (χ4v) is 1.91. The van der Waals surface area contributed by atoms with E-state index in [0.717, 1.165) is 28.0 Å². The molecule has 2 rings (SSSR count). The predicted molar refractivity (Wildman–Crippen MR) is 75.8 cm³/mol. The Balaban J connectivity index is 2.11. The van der Waals surface area contributed by atoms with E-state index in [1.807, 2.05) is 43.5 Å². The summed E-state index contributed by atoms with van der Waals surface area (Å²) in [6.45, 7) is 1.97. The van der Waals surface area contributed by atoms with Crippen LogP contribution in [0.25, 0.3) is 0 Å². The standard InChI is InChI=1S/C14H15BrN2O/c1-10(16)6-11-7-14(9-17-8-11)18-13-4-2-12(15)3-5-13/h2-5,7-10H,6,16H2,1H3. The Labute approximate surface area is 115 Å². The van der Waals surface area contributed by atoms with Gasteiger partial charge in [0.05, 0.1) is 6.20 Å². The molecule has 0 aliphatic carbocycles. The molecule has 1 atom stereocenters. The van der Waals surface area contributed by atoms with Gasteiger partial charge in [-0.3, -0.25) is 4.98 Å². The summed E-state index contributed by atoms with van der Waals surface area (Å²) < 4.78 is 6.76. The van der Waals surface area contributed by atoms with Crippen LogP contribution in [0.1, 0.15) is 12.5 Å². The highest BCUT2D eigenvalue weighted by Gasteiger charge is 2.02. The molecule has 94 valence electrons. The molecule has 0 radical (unpaired) electrons. The Morgan fingerprint density at radius 1 is 1.22 bits per heavy atom. The highest BCUT2D eigenvalue weighted by Crippen LogP contribution is 2.23. The third-order valence-corrected chi connectivity index (χ3v) is 2.91. The lowest BCUT2D eigenvalue weighted by Gasteiger charge is -2.08. The minimum atomic E-state index is 0.120. The number of nitrogens with two attached hydrogens (primary N) is 1. The van der Waals surface area contributed by atoms with Crippen LogP contribution < -0.4 is 10.5 Å². The van der Waals surface area contributed by atoms with Gasteiger partial charge >= 0.3 is 0 Å². The van der Waals surface area contributed by atoms with Gasteiger partial charge in [-0.05, 0) is 49.2 Å². The number of pyridine rings is 1. The maximum Gasteiger partial charge on any atom is 0.145 e. The number of ether oxygens (including phenoxy) is 1. The van der Waals surface area contributed by atoms with E-state index in [1.54, 1.807) is 6.20 Å². The van der Waals surface area contributed by atoms with Crippen molar-refractivity contribution in [3.63, 3.8) is 0 Å². The zero-order valence-electron chi connectivity index (χ0n) is 10.1. The monoisotopic (exact) mass is 306 g/mol. The molecule has 18 heavy (non-hydrogen) atoms. The molecule has 0 amide bonds. The summed E-state index contributed by atoms with van der Waals surface area (Å²) >= 11 is 3.39. The van der Waals surface area contributed by atoms with E-state index in [2.05, 4.69) is 20.9 Å². The maximum absolute atomic E-state index is 5.77. The Morgan fingerprint density at radius 2 is 1.94 bits per heavy atom. The van der Waals surface area contributed by atoms with Gasteiger partial charge in [0.15, 0.2) is 0 Å². The average molecular weight is 307 g/mol. The van der Waals surface area contributed by atoms with Gasteiger partial charge in [-0.1, -0.05) is 15.9 Å². The summed E-state index contributed by atoms with van der Waals surface area (Å²) in [4.78, 5) is 4.16. The average Bonchev–Trinajstić information content (AvgIpc) is 2.32. The second kappa shape index (κ2) is 5.98. The van der Waals surface area contributed by atoms with Crippen LogP contribution in [-0.2, 0) is 6.42 Å². The van der Waals surface area contributed by atoms with Crippen molar-refractivity contribution < 1.29 is 4.74 Å². The first-order valence-electron chi connectivity index (χ1n) is 5.76. The molecule has 3 nitrogen and oxygen atoms in total. The van der Waals surface area contributed by atoms with E-state index in [9.17, 15) is 0 Å². The smallest absolute Gasteiger partial charge is 0.145 e. The van der Waals surface area contributed by atoms with Crippen molar-refractivity contribution in [2.24, 2.45) is 5.73 Å². The molecule has 0 aliphatic rings. The van der Waals surface area contributed by atoms with Gasteiger partial charge in [0, 0.05) is 16.7 Å². The van der Waals surface area contributed by atoms with Gasteiger partial charge < -0.3 is 10.5 Å². The Hall–Kier alpha value is -1.39. The van der Waals surface area contributed by atoms with Crippen molar-refractivity contribution in [3.8, 4) is 11.5 Å². The lowest BCUT2D eigenvalue weighted by molar-refractivity contribution is 0.479. The van der Waals surface area contributed by atoms with Crippen LogP contribution in [0, 0.1) is 0 Å². The van der Waals surface area contributed by atoms with Crippen LogP contribution in [0.3, 0.4) is 0 Å². The molecule has 0 saturated carbocycles. The number of halogens is 1. The van der Waals surface area contributed by atoms with E-state index < -0.39 is 0 Å². The largest absolute Gasteiger partial charge is 0.456 e. The molecule has 1 heterocycles. The molecular weight excluding hydrogens is 292 g/mol. The van der Waals surface area contributed by atoms with Crippen molar-refractivity contribution >= 4 is 15.9 Å². The second-order valence-electron chi connectivity index (χ2n) is 4.27. The van der Waals surface area contributed by atoms with Crippen molar-refractivity contribution in [1.29, 1.82) is 0 Å². The second-order valence-corrected chi connectivity index (χ2v) is 5.18. The summed E-state index contributed by atoms with van der Waals surface area (Å²) in [5.74, 6) is 1.52. The Bertz CT molecular complexity index is 511. The fourth-order valence-electron chi connectivity index (χ4n) is 1.64. The van der Waals surface area contributed by atoms with Gasteiger partial charge in [0.25, 0.3) is 0 Å². The molecule has 0 fully saturated rings. The van der Waals surface area contributed by atoms with Crippen LogP contribution in [0.4, 0.5) is 0 Å². The van der Waals surface area contributed by atoms with Crippen LogP contribution in [0.2, 0.25) is 0 Å². The Kier molecular flexibility index (Phi) is 4.33. The molecule has 0 spiro atoms. The third kappa shape index (κ3) is 3.82. The van der Waals surface area contributed by atoms with Crippen molar-refractivity contribution in [2.45, 2.75) is 19.4 Å². The molecular formula is C14H15BrN2O. The van der Waals surface area contributed by atoms with Crippen LogP contribution in [0.15, 0.2) is 47.2 Å². The molecule has 1 unspecified atom stereocenters. The predicted octanol–water partition coefficient (Wildman–Crippen LogP) is 3.53. The molecule has 1 aromatic heterocycles. The van der Waals surface area contributed by atoms with E-state index in [1.165, 1.54) is 0 Å². The van der Waals surface area contributed by atoms with Gasteiger partial charge in [-0.2, -0.15) is 0 Å². The molecule has 2 aromatic rings. The fraction of sp³-hybridized carbons (Fsp3) is 0.214. The quantitative estimate of drug-likeness (QED) is 0.940. The van der Waals surface area contributed by atoms with Crippen molar-refractivity contribution in [1.82, 2.24) is 4.98 Å². The number of aromatic nitrogens is 1. The zero-order chi connectivity index (χ0) is 13.0. The molecule has 0 saturated heterocycles. The minimum absolute atomic E-state index is 0.120. The first-order chi connectivity index (χ1) is 8.63. The zero-order valence-corrected chi connectivity index (χ0v) is 11.7. The van der Waals surface area contributed by atoms with Crippen molar-refractivity contribution in [3.05, 3.63) is 52.8 Å². The lowest BCUT2D eigenvalue weighted by Crippen LogP contribution is -2.17. The highest BCUT2D eigenvalue weighted by molar-refractivity contribution is 9.10. The van der Waals surface area contributed by atoms with Gasteiger partial charge in [0.1, 0.15) is 11.5 Å². The summed E-state index contributed by atoms with van der Waals surface area (Å²) in [6, 6.07) is 9.78. The van der Waals surface area contributed by atoms with Gasteiger partial charge in [-0.25, -0.2) is 0 Å². The molecule has 4 heteroatoms. The molecule has 0 bridgehead atoms. The van der Waals surface area contributed by atoms with Crippen LogP contribution >= 0.6 is 15.9 Å². The topological polar surface area (TPSA) is 48.1 Å². The molecule has 1 aromatic carbocycles. The first kappa shape index (κ1) is 13.1. The molecule has 2 N–H and O–H groups in total. The minimum Gasteiger partial charge on any atom is -0.456 e. The SMILES string of the molecule is CC(N)Cc1cncc(Oc2ccc(Br)cc2)c1. The van der Waals surface area contributed by atoms with Gasteiger partial charge in [-0.15, -0.1) is 0 Å². The Morgan fingerprint density at radius 3 is 2.61 bits per heavy atom. The van der Waals surface area contributed by atoms with Gasteiger partial charge in [0.2, 0.25) is 0 Å². The van der Waals surface area contributed by atoms with Crippen LogP contribution in [-0.4, -0.2) is 11.0 Å².